The number of morpholine rings is 1. The van der Waals surface area contributed by atoms with Gasteiger partial charge in [0.1, 0.15) is 0 Å². The molecule has 3 rings (SSSR count). The fraction of sp³-hybridized carbons (Fsp3) is 0.375. The summed E-state index contributed by atoms with van der Waals surface area (Å²) in [5, 5.41) is 6.76. The Morgan fingerprint density at radius 1 is 1.23 bits per heavy atom. The number of nitrogens with zero attached hydrogens (tertiary/aromatic N) is 2. The summed E-state index contributed by atoms with van der Waals surface area (Å²) >= 11 is 0. The normalized spacial score (nSPS) is 15.6. The molecule has 2 heterocycles. The van der Waals surface area contributed by atoms with Crippen molar-refractivity contribution in [1.82, 2.24) is 15.2 Å². The van der Waals surface area contributed by atoms with Crippen molar-refractivity contribution in [3.05, 3.63) is 36.5 Å². The first-order valence-corrected chi connectivity index (χ1v) is 7.51. The van der Waals surface area contributed by atoms with Gasteiger partial charge in [-0.1, -0.05) is 18.2 Å². The van der Waals surface area contributed by atoms with Crippen LogP contribution >= 0.6 is 0 Å². The van der Waals surface area contributed by atoms with E-state index < -0.39 is 0 Å². The lowest BCUT2D eigenvalue weighted by molar-refractivity contribution is 0.0388. The number of carbonyl (C=O) groups is 1. The van der Waals surface area contributed by atoms with Gasteiger partial charge in [0, 0.05) is 37.8 Å². The van der Waals surface area contributed by atoms with Gasteiger partial charge in [-0.25, -0.2) is 4.79 Å². The molecule has 1 aliphatic rings. The van der Waals surface area contributed by atoms with Gasteiger partial charge in [0.15, 0.2) is 0 Å². The predicted molar refractivity (Wildman–Crippen MR) is 86.0 cm³/mol. The largest absolute Gasteiger partial charge is 0.379 e. The minimum Gasteiger partial charge on any atom is -0.379 e. The van der Waals surface area contributed by atoms with E-state index in [1.807, 2.05) is 30.3 Å². The molecule has 2 aromatic rings. The highest BCUT2D eigenvalue weighted by molar-refractivity contribution is 5.99. The van der Waals surface area contributed by atoms with Crippen molar-refractivity contribution in [1.29, 1.82) is 0 Å². The number of para-hydroxylation sites is 1. The highest BCUT2D eigenvalue weighted by Gasteiger charge is 2.10. The number of pyridine rings is 1. The van der Waals surface area contributed by atoms with Crippen LogP contribution in [0, 0.1) is 0 Å². The molecule has 2 amide bonds. The lowest BCUT2D eigenvalue weighted by atomic mass is 10.2. The molecule has 0 bridgehead atoms. The fourth-order valence-electron chi connectivity index (χ4n) is 2.52. The summed E-state index contributed by atoms with van der Waals surface area (Å²) in [4.78, 5) is 18.6. The number of urea groups is 1. The van der Waals surface area contributed by atoms with E-state index in [0.29, 0.717) is 6.54 Å². The zero-order valence-electron chi connectivity index (χ0n) is 12.4. The summed E-state index contributed by atoms with van der Waals surface area (Å²) < 4.78 is 5.30. The van der Waals surface area contributed by atoms with Crippen molar-refractivity contribution in [3.8, 4) is 0 Å². The second-order valence-corrected chi connectivity index (χ2v) is 5.22. The number of aromatic nitrogens is 1. The second kappa shape index (κ2) is 7.20. The molecule has 0 atom stereocenters. The Hall–Kier alpha value is -2.18. The van der Waals surface area contributed by atoms with Crippen LogP contribution in [0.2, 0.25) is 0 Å². The molecular weight excluding hydrogens is 280 g/mol. The van der Waals surface area contributed by atoms with E-state index in [0.717, 1.165) is 49.4 Å². The summed E-state index contributed by atoms with van der Waals surface area (Å²) in [5.74, 6) is 0. The first kappa shape index (κ1) is 14.7. The Labute approximate surface area is 129 Å². The zero-order valence-corrected chi connectivity index (χ0v) is 12.4. The third kappa shape index (κ3) is 3.72. The number of anilines is 1. The van der Waals surface area contributed by atoms with Crippen molar-refractivity contribution < 1.29 is 9.53 Å². The molecule has 0 radical (unpaired) electrons. The number of hydrogen-bond acceptors (Lipinski definition) is 4. The maximum Gasteiger partial charge on any atom is 0.319 e. The summed E-state index contributed by atoms with van der Waals surface area (Å²) in [6, 6.07) is 9.40. The number of benzene rings is 1. The van der Waals surface area contributed by atoms with Crippen molar-refractivity contribution in [2.45, 2.75) is 0 Å². The molecule has 22 heavy (non-hydrogen) atoms. The van der Waals surface area contributed by atoms with Gasteiger partial charge in [-0.15, -0.1) is 0 Å². The van der Waals surface area contributed by atoms with Gasteiger partial charge in [-0.3, -0.25) is 9.88 Å². The van der Waals surface area contributed by atoms with Gasteiger partial charge in [0.2, 0.25) is 0 Å². The Bertz CT molecular complexity index is 636. The molecule has 0 saturated carbocycles. The molecule has 2 N–H and O–H groups in total. The third-order valence-electron chi connectivity index (χ3n) is 3.70. The van der Waals surface area contributed by atoms with Crippen LogP contribution in [-0.2, 0) is 4.74 Å². The number of fused-ring (bicyclic) bond motifs is 1. The van der Waals surface area contributed by atoms with Crippen LogP contribution in [0.15, 0.2) is 36.5 Å². The van der Waals surface area contributed by atoms with Crippen molar-refractivity contribution in [2.24, 2.45) is 0 Å². The lowest BCUT2D eigenvalue weighted by Gasteiger charge is -2.26. The van der Waals surface area contributed by atoms with Gasteiger partial charge in [0.25, 0.3) is 0 Å². The van der Waals surface area contributed by atoms with Crippen LogP contribution in [-0.4, -0.2) is 55.3 Å². The Kier molecular flexibility index (Phi) is 4.82. The van der Waals surface area contributed by atoms with Gasteiger partial charge in [0.05, 0.1) is 24.4 Å². The Balaban J connectivity index is 1.52. The molecule has 1 aromatic carbocycles. The first-order chi connectivity index (χ1) is 10.8. The SMILES string of the molecule is O=C(NCCN1CCOCC1)Nc1cccc2cccnc12. The summed E-state index contributed by atoms with van der Waals surface area (Å²) in [7, 11) is 0. The minimum atomic E-state index is -0.202. The van der Waals surface area contributed by atoms with Crippen LogP contribution in [0.5, 0.6) is 0 Å². The Morgan fingerprint density at radius 3 is 2.91 bits per heavy atom. The van der Waals surface area contributed by atoms with E-state index in [4.69, 9.17) is 4.74 Å². The number of ether oxygens (including phenoxy) is 1. The van der Waals surface area contributed by atoms with E-state index >= 15 is 0 Å². The maximum atomic E-state index is 12.0. The third-order valence-corrected chi connectivity index (χ3v) is 3.70. The van der Waals surface area contributed by atoms with E-state index in [1.54, 1.807) is 6.20 Å². The van der Waals surface area contributed by atoms with Crippen LogP contribution in [0.3, 0.4) is 0 Å². The molecule has 6 nitrogen and oxygen atoms in total. The average Bonchev–Trinajstić information content (AvgIpc) is 2.56. The molecule has 116 valence electrons. The van der Waals surface area contributed by atoms with Crippen molar-refractivity contribution in [2.75, 3.05) is 44.7 Å². The van der Waals surface area contributed by atoms with Gasteiger partial charge in [-0.05, 0) is 12.1 Å². The van der Waals surface area contributed by atoms with E-state index in [1.165, 1.54) is 0 Å². The number of hydrogen-bond donors (Lipinski definition) is 2. The minimum absolute atomic E-state index is 0.202. The van der Waals surface area contributed by atoms with Crippen LogP contribution in [0.1, 0.15) is 0 Å². The first-order valence-electron chi connectivity index (χ1n) is 7.51. The highest BCUT2D eigenvalue weighted by Crippen LogP contribution is 2.20. The van der Waals surface area contributed by atoms with Crippen molar-refractivity contribution in [3.63, 3.8) is 0 Å². The summed E-state index contributed by atoms with van der Waals surface area (Å²) in [6.07, 6.45) is 1.73. The molecular formula is C16H20N4O2. The van der Waals surface area contributed by atoms with E-state index in [-0.39, 0.29) is 6.03 Å². The number of nitrogens with one attached hydrogen (secondary N) is 2. The number of amides is 2. The predicted octanol–water partition coefficient (Wildman–Crippen LogP) is 1.69. The molecule has 0 spiro atoms. The van der Waals surface area contributed by atoms with E-state index in [9.17, 15) is 4.79 Å². The summed E-state index contributed by atoms with van der Waals surface area (Å²) in [6.45, 7) is 4.85. The second-order valence-electron chi connectivity index (χ2n) is 5.22. The van der Waals surface area contributed by atoms with Crippen molar-refractivity contribution >= 4 is 22.6 Å². The quantitative estimate of drug-likeness (QED) is 0.902. The van der Waals surface area contributed by atoms with Crippen LogP contribution in [0.25, 0.3) is 10.9 Å². The van der Waals surface area contributed by atoms with Crippen LogP contribution in [0.4, 0.5) is 10.5 Å². The Morgan fingerprint density at radius 2 is 2.05 bits per heavy atom. The molecule has 6 heteroatoms. The standard InChI is InChI=1S/C16H20N4O2/c21-16(18-7-8-20-9-11-22-12-10-20)19-14-5-1-3-13-4-2-6-17-15(13)14/h1-6H,7-12H2,(H2,18,19,21). The van der Waals surface area contributed by atoms with Gasteiger partial charge >= 0.3 is 6.03 Å². The molecule has 1 fully saturated rings. The molecule has 0 unspecified atom stereocenters. The molecule has 1 aliphatic heterocycles. The van der Waals surface area contributed by atoms with Crippen LogP contribution < -0.4 is 10.6 Å². The molecule has 1 aromatic heterocycles. The maximum absolute atomic E-state index is 12.0. The number of rotatable bonds is 4. The van der Waals surface area contributed by atoms with Gasteiger partial charge in [-0.2, -0.15) is 0 Å². The topological polar surface area (TPSA) is 66.5 Å². The zero-order chi connectivity index (χ0) is 15.2. The average molecular weight is 300 g/mol. The smallest absolute Gasteiger partial charge is 0.319 e. The number of carbonyl (C=O) groups excluding carboxylic acids is 1. The fourth-order valence-corrected chi connectivity index (χ4v) is 2.52. The highest BCUT2D eigenvalue weighted by atomic mass is 16.5. The van der Waals surface area contributed by atoms with Gasteiger partial charge < -0.3 is 15.4 Å². The van der Waals surface area contributed by atoms with E-state index in [2.05, 4.69) is 20.5 Å². The monoisotopic (exact) mass is 300 g/mol. The molecule has 1 saturated heterocycles. The summed E-state index contributed by atoms with van der Waals surface area (Å²) in [5.41, 5.74) is 1.52. The lowest BCUT2D eigenvalue weighted by Crippen LogP contribution is -2.42. The molecule has 0 aliphatic carbocycles.